The van der Waals surface area contributed by atoms with Gasteiger partial charge < -0.3 is 0 Å². The molecule has 0 amide bonds. The van der Waals surface area contributed by atoms with Crippen molar-refractivity contribution in [3.63, 3.8) is 0 Å². The van der Waals surface area contributed by atoms with Crippen LogP contribution in [-0.4, -0.2) is 5.78 Å². The molecule has 0 aromatic heterocycles. The summed E-state index contributed by atoms with van der Waals surface area (Å²) in [6.45, 7) is 3.27. The van der Waals surface area contributed by atoms with Crippen LogP contribution < -0.4 is 0 Å². The molecule has 1 nitrogen and oxygen atoms in total. The third-order valence-electron chi connectivity index (χ3n) is 2.73. The lowest BCUT2D eigenvalue weighted by Crippen LogP contribution is -2.15. The predicted molar refractivity (Wildman–Crippen MR) is 48.3 cm³/mol. The molecule has 1 aliphatic rings. The normalized spacial score (nSPS) is 18.1. The van der Waals surface area contributed by atoms with E-state index in [4.69, 9.17) is 0 Å². The van der Waals surface area contributed by atoms with E-state index < -0.39 is 34.2 Å². The number of carbonyl (C=O) groups is 1. The number of hydrogen-bond donors (Lipinski definition) is 0. The number of rotatable bonds is 0. The van der Waals surface area contributed by atoms with Crippen molar-refractivity contribution in [3.8, 4) is 0 Å². The molecule has 0 bridgehead atoms. The zero-order valence-corrected chi connectivity index (χ0v) is 8.33. The summed E-state index contributed by atoms with van der Waals surface area (Å²) in [4.78, 5) is 11.4. The van der Waals surface area contributed by atoms with E-state index >= 15 is 0 Å². The van der Waals surface area contributed by atoms with Gasteiger partial charge in [-0.25, -0.2) is 13.2 Å². The Morgan fingerprint density at radius 1 is 1.20 bits per heavy atom. The number of Topliss-reactive ketones (excluding diaryl/α,β-unsaturated/α-hetero) is 1. The number of halogens is 3. The molecule has 0 N–H and O–H groups in total. The molecular weight excluding hydrogens is 205 g/mol. The van der Waals surface area contributed by atoms with E-state index in [2.05, 4.69) is 0 Å². The second-order valence-corrected chi connectivity index (χ2v) is 4.39. The fraction of sp³-hybridized carbons (Fsp3) is 0.364. The van der Waals surface area contributed by atoms with E-state index in [0.29, 0.717) is 6.07 Å². The largest absolute Gasteiger partial charge is 0.294 e. The zero-order valence-electron chi connectivity index (χ0n) is 8.33. The van der Waals surface area contributed by atoms with Gasteiger partial charge in [0.15, 0.2) is 17.4 Å². The summed E-state index contributed by atoms with van der Waals surface area (Å²) in [5, 5.41) is 0. The molecule has 0 radical (unpaired) electrons. The molecule has 0 saturated carbocycles. The minimum atomic E-state index is -1.31. The van der Waals surface area contributed by atoms with Gasteiger partial charge in [0.2, 0.25) is 0 Å². The van der Waals surface area contributed by atoms with E-state index in [0.717, 1.165) is 0 Å². The molecule has 15 heavy (non-hydrogen) atoms. The number of carbonyl (C=O) groups excluding carboxylic acids is 1. The number of ketones is 1. The van der Waals surface area contributed by atoms with E-state index in [1.807, 2.05) is 0 Å². The summed E-state index contributed by atoms with van der Waals surface area (Å²) in [6, 6.07) is 0.495. The lowest BCUT2D eigenvalue weighted by atomic mass is 9.86. The van der Waals surface area contributed by atoms with Crippen LogP contribution in [0.15, 0.2) is 6.07 Å². The van der Waals surface area contributed by atoms with Gasteiger partial charge in [-0.05, 0) is 0 Å². The van der Waals surface area contributed by atoms with Crippen LogP contribution in [0.1, 0.15) is 36.2 Å². The molecule has 1 aromatic rings. The molecule has 80 valence electrons. The molecule has 1 aliphatic carbocycles. The topological polar surface area (TPSA) is 17.1 Å². The van der Waals surface area contributed by atoms with E-state index in [9.17, 15) is 18.0 Å². The third-order valence-corrected chi connectivity index (χ3v) is 2.73. The molecule has 4 heteroatoms. The Bertz CT molecular complexity index is 463. The highest BCUT2D eigenvalue weighted by Crippen LogP contribution is 2.41. The second kappa shape index (κ2) is 2.84. The van der Waals surface area contributed by atoms with Crippen LogP contribution in [-0.2, 0) is 5.41 Å². The van der Waals surface area contributed by atoms with Crippen molar-refractivity contribution >= 4 is 5.78 Å². The van der Waals surface area contributed by atoms with Crippen LogP contribution in [0.4, 0.5) is 13.2 Å². The maximum atomic E-state index is 13.4. The molecule has 0 aliphatic heterocycles. The van der Waals surface area contributed by atoms with Gasteiger partial charge in [0.05, 0.1) is 5.56 Å². The number of benzene rings is 1. The van der Waals surface area contributed by atoms with Crippen molar-refractivity contribution in [2.24, 2.45) is 0 Å². The van der Waals surface area contributed by atoms with E-state index in [1.54, 1.807) is 13.8 Å². The highest BCUT2D eigenvalue weighted by atomic mass is 19.2. The summed E-state index contributed by atoms with van der Waals surface area (Å²) in [6.07, 6.45) is 0.0135. The fourth-order valence-electron chi connectivity index (χ4n) is 2.10. The molecule has 2 rings (SSSR count). The first-order valence-corrected chi connectivity index (χ1v) is 4.56. The monoisotopic (exact) mass is 214 g/mol. The minimum absolute atomic E-state index is 0.00796. The Labute approximate surface area is 84.9 Å². The maximum absolute atomic E-state index is 13.4. The van der Waals surface area contributed by atoms with Crippen molar-refractivity contribution in [2.45, 2.75) is 25.7 Å². The fourth-order valence-corrected chi connectivity index (χ4v) is 2.10. The maximum Gasteiger partial charge on any atom is 0.170 e. The van der Waals surface area contributed by atoms with Crippen LogP contribution in [0.2, 0.25) is 0 Å². The number of fused-ring (bicyclic) bond motifs is 1. The summed E-state index contributed by atoms with van der Waals surface area (Å²) in [7, 11) is 0. The smallest absolute Gasteiger partial charge is 0.170 e. The molecule has 0 spiro atoms. The Kier molecular flexibility index (Phi) is 1.93. The van der Waals surface area contributed by atoms with Crippen molar-refractivity contribution in [1.82, 2.24) is 0 Å². The molecule has 0 atom stereocenters. The number of hydrogen-bond acceptors (Lipinski definition) is 1. The van der Waals surface area contributed by atoms with Crippen LogP contribution in [0, 0.1) is 17.5 Å². The summed E-state index contributed by atoms with van der Waals surface area (Å²) < 4.78 is 39.6. The zero-order chi connectivity index (χ0) is 11.4. The summed E-state index contributed by atoms with van der Waals surface area (Å²) in [5.74, 6) is -3.93. The molecule has 0 heterocycles. The van der Waals surface area contributed by atoms with Gasteiger partial charge in [-0.2, -0.15) is 0 Å². The van der Waals surface area contributed by atoms with Gasteiger partial charge >= 0.3 is 0 Å². The molecular formula is C11H9F3O. The molecule has 0 fully saturated rings. The standard InChI is InChI=1S/C11H9F3O/c1-11(2)4-7(15)8-9(11)5(12)3-6(13)10(8)14/h3H,4H2,1-2H3. The van der Waals surface area contributed by atoms with E-state index in [-0.39, 0.29) is 12.0 Å². The van der Waals surface area contributed by atoms with Crippen molar-refractivity contribution in [3.05, 3.63) is 34.6 Å². The van der Waals surface area contributed by atoms with E-state index in [1.165, 1.54) is 0 Å². The Hall–Kier alpha value is -1.32. The first-order valence-electron chi connectivity index (χ1n) is 4.56. The van der Waals surface area contributed by atoms with Crippen molar-refractivity contribution in [2.75, 3.05) is 0 Å². The summed E-state index contributed by atoms with van der Waals surface area (Å²) >= 11 is 0. The van der Waals surface area contributed by atoms with Gasteiger partial charge in [0.1, 0.15) is 5.82 Å². The Morgan fingerprint density at radius 2 is 1.80 bits per heavy atom. The highest BCUT2D eigenvalue weighted by molar-refractivity contribution is 6.02. The highest BCUT2D eigenvalue weighted by Gasteiger charge is 2.41. The average molecular weight is 214 g/mol. The van der Waals surface area contributed by atoms with Crippen LogP contribution >= 0.6 is 0 Å². The first kappa shape index (κ1) is 10.2. The van der Waals surface area contributed by atoms with Crippen molar-refractivity contribution < 1.29 is 18.0 Å². The average Bonchev–Trinajstić information content (AvgIpc) is 2.32. The third kappa shape index (κ3) is 1.28. The SMILES string of the molecule is CC1(C)CC(=O)c2c(F)c(F)cc(F)c21. The Balaban J connectivity index is 2.84. The first-order chi connectivity index (χ1) is 6.84. The van der Waals surface area contributed by atoms with Crippen LogP contribution in [0.3, 0.4) is 0 Å². The minimum Gasteiger partial charge on any atom is -0.294 e. The van der Waals surface area contributed by atoms with Crippen LogP contribution in [0.5, 0.6) is 0 Å². The molecule has 0 saturated heterocycles. The van der Waals surface area contributed by atoms with Gasteiger partial charge in [-0.3, -0.25) is 4.79 Å². The van der Waals surface area contributed by atoms with Gasteiger partial charge in [-0.15, -0.1) is 0 Å². The predicted octanol–water partition coefficient (Wildman–Crippen LogP) is 2.97. The molecule has 1 aromatic carbocycles. The quantitative estimate of drug-likeness (QED) is 0.607. The van der Waals surface area contributed by atoms with Crippen molar-refractivity contribution in [1.29, 1.82) is 0 Å². The second-order valence-electron chi connectivity index (χ2n) is 4.39. The Morgan fingerprint density at radius 3 is 2.40 bits per heavy atom. The lowest BCUT2D eigenvalue weighted by molar-refractivity contribution is 0.0975. The molecule has 0 unspecified atom stereocenters. The van der Waals surface area contributed by atoms with Gasteiger partial charge in [-0.1, -0.05) is 13.8 Å². The van der Waals surface area contributed by atoms with Gasteiger partial charge in [0, 0.05) is 23.5 Å². The summed E-state index contributed by atoms with van der Waals surface area (Å²) in [5.41, 5.74) is -1.19. The lowest BCUT2D eigenvalue weighted by Gasteiger charge is -2.18. The van der Waals surface area contributed by atoms with Gasteiger partial charge in [0.25, 0.3) is 0 Å². The van der Waals surface area contributed by atoms with Crippen LogP contribution in [0.25, 0.3) is 0 Å².